The lowest BCUT2D eigenvalue weighted by Gasteiger charge is -2.10. The lowest BCUT2D eigenvalue weighted by atomic mass is 10.3. The Morgan fingerprint density at radius 1 is 1.57 bits per heavy atom. The smallest absolute Gasteiger partial charge is 0.234 e. The van der Waals surface area contributed by atoms with Crippen LogP contribution in [0.1, 0.15) is 5.56 Å². The van der Waals surface area contributed by atoms with Crippen LogP contribution in [0.4, 0.5) is 11.5 Å². The van der Waals surface area contributed by atoms with E-state index in [0.717, 1.165) is 11.8 Å². The Morgan fingerprint density at radius 2 is 2.35 bits per heavy atom. The Kier molecular flexibility index (Phi) is 5.62. The number of nitrogen functional groups attached to an aromatic ring is 1. The number of amides is 1. The van der Waals surface area contributed by atoms with Crippen LogP contribution in [0.5, 0.6) is 5.75 Å². The van der Waals surface area contributed by atoms with E-state index in [0.29, 0.717) is 21.6 Å². The van der Waals surface area contributed by atoms with Gasteiger partial charge in [-0.25, -0.2) is 9.97 Å². The number of nitrogens with zero attached hydrogens (tertiary/aromatic N) is 3. The Morgan fingerprint density at radius 3 is 3.00 bits per heavy atom. The van der Waals surface area contributed by atoms with Crippen molar-refractivity contribution in [2.45, 2.75) is 5.16 Å². The van der Waals surface area contributed by atoms with Gasteiger partial charge in [0.15, 0.2) is 5.16 Å². The Hall–Kier alpha value is -2.50. The first-order valence-electron chi connectivity index (χ1n) is 6.32. The molecule has 3 N–H and O–H groups in total. The zero-order valence-electron chi connectivity index (χ0n) is 12.0. The average Bonchev–Trinajstić information content (AvgIpc) is 2.53. The second kappa shape index (κ2) is 7.67. The number of hydrogen-bond donors (Lipinski definition) is 2. The molecule has 0 radical (unpaired) electrons. The minimum atomic E-state index is -0.276. The molecule has 0 aliphatic heterocycles. The molecular formula is C14H12ClN5O2S. The van der Waals surface area contributed by atoms with Crippen LogP contribution in [0.2, 0.25) is 5.02 Å². The van der Waals surface area contributed by atoms with E-state index in [1.165, 1.54) is 13.3 Å². The molecule has 2 aromatic rings. The fourth-order valence-electron chi connectivity index (χ4n) is 1.63. The summed E-state index contributed by atoms with van der Waals surface area (Å²) in [5, 5.41) is 12.3. The Labute approximate surface area is 141 Å². The highest BCUT2D eigenvalue weighted by atomic mass is 35.5. The van der Waals surface area contributed by atoms with Crippen LogP contribution in [0, 0.1) is 11.3 Å². The predicted molar refractivity (Wildman–Crippen MR) is 88.5 cm³/mol. The van der Waals surface area contributed by atoms with E-state index < -0.39 is 0 Å². The van der Waals surface area contributed by atoms with Gasteiger partial charge in [0.05, 0.1) is 24.7 Å². The van der Waals surface area contributed by atoms with Crippen molar-refractivity contribution in [1.82, 2.24) is 9.97 Å². The number of halogens is 1. The van der Waals surface area contributed by atoms with Crippen LogP contribution in [-0.2, 0) is 4.79 Å². The largest absolute Gasteiger partial charge is 0.495 e. The highest BCUT2D eigenvalue weighted by Gasteiger charge is 2.11. The number of hydrogen-bond acceptors (Lipinski definition) is 7. The van der Waals surface area contributed by atoms with Crippen molar-refractivity contribution in [3.05, 3.63) is 35.0 Å². The van der Waals surface area contributed by atoms with E-state index in [1.54, 1.807) is 18.2 Å². The summed E-state index contributed by atoms with van der Waals surface area (Å²) in [6.45, 7) is 0. The normalized spacial score (nSPS) is 9.96. The fourth-order valence-corrected chi connectivity index (χ4v) is 2.42. The summed E-state index contributed by atoms with van der Waals surface area (Å²) >= 11 is 7.01. The number of ether oxygens (including phenoxy) is 1. The number of rotatable bonds is 5. The van der Waals surface area contributed by atoms with Gasteiger partial charge in [0.1, 0.15) is 23.2 Å². The fraction of sp³-hybridized carbons (Fsp3) is 0.143. The lowest BCUT2D eigenvalue weighted by molar-refractivity contribution is -0.113. The van der Waals surface area contributed by atoms with Gasteiger partial charge in [-0.15, -0.1) is 0 Å². The molecule has 0 saturated heterocycles. The summed E-state index contributed by atoms with van der Waals surface area (Å²) in [5.41, 5.74) is 6.27. The Bertz CT molecular complexity index is 778. The van der Waals surface area contributed by atoms with E-state index in [4.69, 9.17) is 27.3 Å². The number of carbonyl (C=O) groups excluding carboxylic acids is 1. The summed E-state index contributed by atoms with van der Waals surface area (Å²) in [7, 11) is 1.50. The number of nitriles is 1. The van der Waals surface area contributed by atoms with Gasteiger partial charge >= 0.3 is 0 Å². The predicted octanol–water partition coefficient (Wildman–Crippen LogP) is 2.32. The number of methoxy groups -OCH3 is 1. The zero-order valence-corrected chi connectivity index (χ0v) is 13.6. The monoisotopic (exact) mass is 349 g/mol. The van der Waals surface area contributed by atoms with Crippen molar-refractivity contribution in [3.8, 4) is 11.8 Å². The van der Waals surface area contributed by atoms with Crippen LogP contribution < -0.4 is 15.8 Å². The summed E-state index contributed by atoms with van der Waals surface area (Å²) in [4.78, 5) is 19.9. The van der Waals surface area contributed by atoms with E-state index in [-0.39, 0.29) is 23.0 Å². The minimum Gasteiger partial charge on any atom is -0.495 e. The second-order valence-electron chi connectivity index (χ2n) is 4.24. The summed E-state index contributed by atoms with van der Waals surface area (Å²) in [5.74, 6) is 0.386. The topological polar surface area (TPSA) is 114 Å². The van der Waals surface area contributed by atoms with Crippen LogP contribution in [0.25, 0.3) is 0 Å². The van der Waals surface area contributed by atoms with E-state index >= 15 is 0 Å². The molecule has 0 aliphatic carbocycles. The molecule has 0 fully saturated rings. The third-order valence-electron chi connectivity index (χ3n) is 2.68. The van der Waals surface area contributed by atoms with Crippen molar-refractivity contribution in [2.24, 2.45) is 0 Å². The van der Waals surface area contributed by atoms with Crippen molar-refractivity contribution in [2.75, 3.05) is 23.9 Å². The first-order chi connectivity index (χ1) is 11.0. The molecular weight excluding hydrogens is 338 g/mol. The molecule has 2 rings (SSSR count). The number of carbonyl (C=O) groups is 1. The molecule has 0 atom stereocenters. The number of nitrogens with one attached hydrogen (secondary N) is 1. The van der Waals surface area contributed by atoms with Crippen molar-refractivity contribution in [1.29, 1.82) is 5.26 Å². The maximum absolute atomic E-state index is 12.0. The van der Waals surface area contributed by atoms with E-state index in [1.807, 2.05) is 6.07 Å². The maximum atomic E-state index is 12.0. The minimum absolute atomic E-state index is 0.0704. The SMILES string of the molecule is COc1ccc(Cl)cc1NC(=O)CSc1ncc(C#N)c(N)n1. The number of thioether (sulfide) groups is 1. The van der Waals surface area contributed by atoms with Gasteiger partial charge in [0.25, 0.3) is 0 Å². The Balaban J connectivity index is 1.99. The van der Waals surface area contributed by atoms with Crippen molar-refractivity contribution in [3.63, 3.8) is 0 Å². The van der Waals surface area contributed by atoms with Crippen molar-refractivity contribution >= 4 is 40.8 Å². The quantitative estimate of drug-likeness (QED) is 0.628. The second-order valence-corrected chi connectivity index (χ2v) is 5.62. The molecule has 1 amide bonds. The molecule has 9 heteroatoms. The highest BCUT2D eigenvalue weighted by molar-refractivity contribution is 7.99. The summed E-state index contributed by atoms with van der Waals surface area (Å²) in [6.07, 6.45) is 1.32. The van der Waals surface area contributed by atoms with Crippen LogP contribution in [0.15, 0.2) is 29.6 Å². The number of anilines is 2. The van der Waals surface area contributed by atoms with Gasteiger partial charge in [-0.05, 0) is 18.2 Å². The number of nitrogens with two attached hydrogens (primary N) is 1. The van der Waals surface area contributed by atoms with Crippen LogP contribution >= 0.6 is 23.4 Å². The van der Waals surface area contributed by atoms with E-state index in [2.05, 4.69) is 15.3 Å². The molecule has 0 aliphatic rings. The van der Waals surface area contributed by atoms with Gasteiger partial charge in [0, 0.05) is 5.02 Å². The van der Waals surface area contributed by atoms with Gasteiger partial charge in [-0.3, -0.25) is 4.79 Å². The molecule has 1 aromatic heterocycles. The molecule has 1 heterocycles. The van der Waals surface area contributed by atoms with Crippen LogP contribution in [0.3, 0.4) is 0 Å². The first kappa shape index (κ1) is 16.9. The summed E-state index contributed by atoms with van der Waals surface area (Å²) in [6, 6.07) is 6.80. The third kappa shape index (κ3) is 4.48. The van der Waals surface area contributed by atoms with Gasteiger partial charge in [-0.1, -0.05) is 23.4 Å². The zero-order chi connectivity index (χ0) is 16.8. The molecule has 0 bridgehead atoms. The molecule has 23 heavy (non-hydrogen) atoms. The molecule has 0 unspecified atom stereocenters. The molecule has 0 spiro atoms. The van der Waals surface area contributed by atoms with E-state index in [9.17, 15) is 4.79 Å². The number of benzene rings is 1. The van der Waals surface area contributed by atoms with Gasteiger partial charge < -0.3 is 15.8 Å². The lowest BCUT2D eigenvalue weighted by Crippen LogP contribution is -2.15. The number of aromatic nitrogens is 2. The molecule has 0 saturated carbocycles. The van der Waals surface area contributed by atoms with Crippen LogP contribution in [-0.4, -0.2) is 28.7 Å². The van der Waals surface area contributed by atoms with Gasteiger partial charge in [0.2, 0.25) is 5.91 Å². The molecule has 118 valence electrons. The standard InChI is InChI=1S/C14H12ClN5O2S/c1-22-11-3-2-9(15)4-10(11)19-12(21)7-23-14-18-6-8(5-16)13(17)20-14/h2-4,6H,7H2,1H3,(H,19,21)(H2,17,18,20). The first-order valence-corrected chi connectivity index (χ1v) is 7.68. The highest BCUT2D eigenvalue weighted by Crippen LogP contribution is 2.28. The maximum Gasteiger partial charge on any atom is 0.234 e. The summed E-state index contributed by atoms with van der Waals surface area (Å²) < 4.78 is 5.15. The molecule has 7 nitrogen and oxygen atoms in total. The van der Waals surface area contributed by atoms with Crippen molar-refractivity contribution < 1.29 is 9.53 Å². The molecule has 1 aromatic carbocycles. The third-order valence-corrected chi connectivity index (χ3v) is 3.78. The average molecular weight is 350 g/mol. The van der Waals surface area contributed by atoms with Gasteiger partial charge in [-0.2, -0.15) is 5.26 Å².